The predicted molar refractivity (Wildman–Crippen MR) is 42.5 cm³/mol. The molecule has 1 N–H and O–H groups in total. The zero-order valence-corrected chi connectivity index (χ0v) is 4.78. The Morgan fingerprint density at radius 3 is 1.78 bits per heavy atom. The Hall–Kier alpha value is -0.0400. The Morgan fingerprint density at radius 2 is 1.78 bits per heavy atom. The molecule has 1 aliphatic carbocycles. The molecule has 9 heavy (non-hydrogen) atoms. The number of hydrogen-bond donors (Lipinski definition) is 1. The second kappa shape index (κ2) is 3.89. The molecule has 1 saturated carbocycles. The van der Waals surface area contributed by atoms with E-state index in [0.717, 1.165) is 0 Å². The third-order valence-corrected chi connectivity index (χ3v) is 1.94. The van der Waals surface area contributed by atoms with Crippen molar-refractivity contribution in [2.24, 2.45) is 5.41 Å². The van der Waals surface area contributed by atoms with Crippen LogP contribution in [0.2, 0.25) is 0 Å². The highest BCUT2D eigenvalue weighted by atomic mass is 16.3. The van der Waals surface area contributed by atoms with E-state index < -0.39 is 0 Å². The van der Waals surface area contributed by atoms with Gasteiger partial charge in [-0.1, -0.05) is 28.2 Å². The Bertz CT molecular complexity index is 59.5. The molecule has 0 bridgehead atoms. The van der Waals surface area contributed by atoms with E-state index in [2.05, 4.69) is 6.92 Å². The molecule has 0 amide bonds. The van der Waals surface area contributed by atoms with Gasteiger partial charge in [0.1, 0.15) is 0 Å². The summed E-state index contributed by atoms with van der Waals surface area (Å²) in [5, 5.41) is 8.65. The number of aliphatic hydroxyl groups is 1. The highest BCUT2D eigenvalue weighted by Gasteiger charge is 2.30. The van der Waals surface area contributed by atoms with Gasteiger partial charge in [-0.25, -0.2) is 0 Å². The lowest BCUT2D eigenvalue weighted by Crippen LogP contribution is -2.29. The lowest BCUT2D eigenvalue weighted by atomic mass is 9.71. The second-order valence-corrected chi connectivity index (χ2v) is 2.82. The van der Waals surface area contributed by atoms with Crippen LogP contribution >= 0.6 is 0 Å². The molecule has 1 fully saturated rings. The van der Waals surface area contributed by atoms with Crippen LogP contribution in [0.1, 0.15) is 41.0 Å². The highest BCUT2D eigenvalue weighted by Crippen LogP contribution is 2.39. The van der Waals surface area contributed by atoms with Crippen LogP contribution in [-0.2, 0) is 0 Å². The first-order chi connectivity index (χ1) is 3.27. The standard InChI is InChI=1S/C6H12O.2CH4/c1-6(5-7)3-2-4-6;;/h7H,2-5H2,1H3;2*1H4. The Kier molecular flexibility index (Phi) is 5.06. The van der Waals surface area contributed by atoms with E-state index >= 15 is 0 Å². The minimum Gasteiger partial charge on any atom is -0.396 e. The van der Waals surface area contributed by atoms with Crippen LogP contribution in [0.25, 0.3) is 0 Å². The smallest absolute Gasteiger partial charge is 0.0484 e. The van der Waals surface area contributed by atoms with E-state index in [4.69, 9.17) is 5.11 Å². The molecule has 1 heteroatoms. The van der Waals surface area contributed by atoms with Crippen LogP contribution in [0.3, 0.4) is 0 Å². The largest absolute Gasteiger partial charge is 0.396 e. The topological polar surface area (TPSA) is 20.2 Å². The highest BCUT2D eigenvalue weighted by molar-refractivity contribution is 4.81. The van der Waals surface area contributed by atoms with Crippen molar-refractivity contribution in [3.05, 3.63) is 0 Å². The molecule has 0 aromatic carbocycles. The van der Waals surface area contributed by atoms with Gasteiger partial charge in [-0.15, -0.1) is 0 Å². The number of aliphatic hydroxyl groups excluding tert-OH is 1. The third kappa shape index (κ3) is 2.35. The van der Waals surface area contributed by atoms with Crippen LogP contribution in [0.5, 0.6) is 0 Å². The molecule has 0 heterocycles. The van der Waals surface area contributed by atoms with Crippen LogP contribution < -0.4 is 0 Å². The summed E-state index contributed by atoms with van der Waals surface area (Å²) >= 11 is 0. The van der Waals surface area contributed by atoms with Gasteiger partial charge in [0.25, 0.3) is 0 Å². The van der Waals surface area contributed by atoms with Gasteiger partial charge in [-0.2, -0.15) is 0 Å². The summed E-state index contributed by atoms with van der Waals surface area (Å²) in [6.07, 6.45) is 3.77. The maximum absolute atomic E-state index is 8.65. The molecular weight excluding hydrogens is 112 g/mol. The van der Waals surface area contributed by atoms with Gasteiger partial charge in [0.05, 0.1) is 0 Å². The van der Waals surface area contributed by atoms with E-state index in [1.807, 2.05) is 0 Å². The molecule has 58 valence electrons. The van der Waals surface area contributed by atoms with Gasteiger partial charge in [0.15, 0.2) is 0 Å². The zero-order chi connectivity index (χ0) is 5.33. The lowest BCUT2D eigenvalue weighted by molar-refractivity contribution is 0.0637. The molecule has 0 radical (unpaired) electrons. The maximum Gasteiger partial charge on any atom is 0.0484 e. The average molecular weight is 132 g/mol. The minimum absolute atomic E-state index is 0. The van der Waals surface area contributed by atoms with Gasteiger partial charge in [-0.3, -0.25) is 0 Å². The fourth-order valence-corrected chi connectivity index (χ4v) is 0.938. The monoisotopic (exact) mass is 132 g/mol. The quantitative estimate of drug-likeness (QED) is 0.581. The van der Waals surface area contributed by atoms with Crippen molar-refractivity contribution in [1.82, 2.24) is 0 Å². The molecule has 0 aromatic rings. The van der Waals surface area contributed by atoms with Crippen molar-refractivity contribution in [1.29, 1.82) is 0 Å². The summed E-state index contributed by atoms with van der Waals surface area (Å²) in [6, 6.07) is 0. The molecule has 0 atom stereocenters. The van der Waals surface area contributed by atoms with Crippen molar-refractivity contribution in [3.63, 3.8) is 0 Å². The lowest BCUT2D eigenvalue weighted by Gasteiger charge is -2.36. The Morgan fingerprint density at radius 1 is 1.33 bits per heavy atom. The van der Waals surface area contributed by atoms with Gasteiger partial charge in [0.2, 0.25) is 0 Å². The van der Waals surface area contributed by atoms with Crippen LogP contribution in [0.15, 0.2) is 0 Å². The normalized spacial score (nSPS) is 20.7. The molecule has 0 aromatic heterocycles. The van der Waals surface area contributed by atoms with Crippen LogP contribution in [0, 0.1) is 5.41 Å². The summed E-state index contributed by atoms with van der Waals surface area (Å²) in [4.78, 5) is 0. The van der Waals surface area contributed by atoms with Gasteiger partial charge < -0.3 is 5.11 Å². The van der Waals surface area contributed by atoms with Crippen LogP contribution in [0.4, 0.5) is 0 Å². The first-order valence-electron chi connectivity index (χ1n) is 2.88. The molecule has 0 saturated heterocycles. The van der Waals surface area contributed by atoms with Crippen molar-refractivity contribution in [3.8, 4) is 0 Å². The minimum atomic E-state index is 0. The molecule has 0 aliphatic heterocycles. The maximum atomic E-state index is 8.65. The predicted octanol–water partition coefficient (Wildman–Crippen LogP) is 2.44. The van der Waals surface area contributed by atoms with E-state index in [1.165, 1.54) is 19.3 Å². The molecule has 1 nitrogen and oxygen atoms in total. The van der Waals surface area contributed by atoms with Crippen molar-refractivity contribution in [2.45, 2.75) is 41.0 Å². The zero-order valence-electron chi connectivity index (χ0n) is 4.78. The fraction of sp³-hybridized carbons (Fsp3) is 1.00. The SMILES string of the molecule is C.C.CC1(CO)CCC1. The van der Waals surface area contributed by atoms with Crippen molar-refractivity contribution in [2.75, 3.05) is 6.61 Å². The first kappa shape index (κ1) is 11.7. The van der Waals surface area contributed by atoms with Crippen molar-refractivity contribution >= 4 is 0 Å². The average Bonchev–Trinajstić information content (AvgIpc) is 1.61. The molecular formula is C8H20O. The van der Waals surface area contributed by atoms with E-state index in [-0.39, 0.29) is 14.9 Å². The van der Waals surface area contributed by atoms with E-state index in [9.17, 15) is 0 Å². The first-order valence-corrected chi connectivity index (χ1v) is 2.88. The molecule has 0 spiro atoms. The molecule has 1 rings (SSSR count). The van der Waals surface area contributed by atoms with Gasteiger partial charge in [-0.05, 0) is 18.3 Å². The fourth-order valence-electron chi connectivity index (χ4n) is 0.938. The van der Waals surface area contributed by atoms with E-state index in [1.54, 1.807) is 0 Å². The summed E-state index contributed by atoms with van der Waals surface area (Å²) < 4.78 is 0. The van der Waals surface area contributed by atoms with Crippen LogP contribution in [-0.4, -0.2) is 11.7 Å². The van der Waals surface area contributed by atoms with E-state index in [0.29, 0.717) is 12.0 Å². The second-order valence-electron chi connectivity index (χ2n) is 2.82. The van der Waals surface area contributed by atoms with Crippen molar-refractivity contribution < 1.29 is 5.11 Å². The molecule has 1 aliphatic rings. The third-order valence-electron chi connectivity index (χ3n) is 1.94. The number of hydrogen-bond acceptors (Lipinski definition) is 1. The Balaban J connectivity index is 0. The molecule has 0 unspecified atom stereocenters. The Labute approximate surface area is 59.1 Å². The summed E-state index contributed by atoms with van der Waals surface area (Å²) in [5.74, 6) is 0. The number of rotatable bonds is 1. The van der Waals surface area contributed by atoms with Gasteiger partial charge >= 0.3 is 0 Å². The van der Waals surface area contributed by atoms with Gasteiger partial charge in [0, 0.05) is 6.61 Å². The summed E-state index contributed by atoms with van der Waals surface area (Å²) in [5.41, 5.74) is 0.319. The summed E-state index contributed by atoms with van der Waals surface area (Å²) in [6.45, 7) is 2.52. The summed E-state index contributed by atoms with van der Waals surface area (Å²) in [7, 11) is 0.